The Hall–Kier alpha value is -3.13. The average Bonchev–Trinajstić information content (AvgIpc) is 3.20. The van der Waals surface area contributed by atoms with E-state index >= 15 is 0 Å². The normalized spacial score (nSPS) is 13.8. The van der Waals surface area contributed by atoms with E-state index in [-0.39, 0.29) is 0 Å². The summed E-state index contributed by atoms with van der Waals surface area (Å²) >= 11 is 0. The van der Waals surface area contributed by atoms with Crippen molar-refractivity contribution in [2.45, 2.75) is 26.4 Å². The Balaban J connectivity index is 1.57. The van der Waals surface area contributed by atoms with Crippen LogP contribution in [0, 0.1) is 18.3 Å². The minimum absolute atomic E-state index is 0.411. The molecule has 0 N–H and O–H groups in total. The predicted octanol–water partition coefficient (Wildman–Crippen LogP) is 3.99. The molecular weight excluding hydrogens is 324 g/mol. The van der Waals surface area contributed by atoms with Crippen LogP contribution in [0.1, 0.15) is 29.8 Å². The lowest BCUT2D eigenvalue weighted by atomic mass is 10.1. The molecule has 4 rings (SSSR count). The van der Waals surface area contributed by atoms with Gasteiger partial charge in [0.2, 0.25) is 0 Å². The summed E-state index contributed by atoms with van der Waals surface area (Å²) in [7, 11) is 0. The highest BCUT2D eigenvalue weighted by Gasteiger charge is 2.16. The first-order valence-electron chi connectivity index (χ1n) is 8.87. The number of rotatable bonds is 4. The zero-order valence-corrected chi connectivity index (χ0v) is 14.8. The van der Waals surface area contributed by atoms with Gasteiger partial charge in [0.15, 0.2) is 0 Å². The topological polar surface area (TPSA) is 62.0 Å². The van der Waals surface area contributed by atoms with Gasteiger partial charge in [0.1, 0.15) is 24.1 Å². The molecule has 0 radical (unpaired) electrons. The molecule has 1 aliphatic rings. The van der Waals surface area contributed by atoms with E-state index < -0.39 is 0 Å². The van der Waals surface area contributed by atoms with Crippen molar-refractivity contribution in [1.29, 1.82) is 5.26 Å². The van der Waals surface area contributed by atoms with Gasteiger partial charge >= 0.3 is 0 Å². The van der Waals surface area contributed by atoms with Crippen LogP contribution in [-0.4, -0.2) is 23.1 Å². The second kappa shape index (κ2) is 7.01. The summed E-state index contributed by atoms with van der Waals surface area (Å²) in [6.45, 7) is 4.68. The maximum absolute atomic E-state index is 8.81. The van der Waals surface area contributed by atoms with Crippen LogP contribution >= 0.6 is 0 Å². The molecule has 3 aromatic rings. The highest BCUT2D eigenvalue weighted by molar-refractivity contribution is 5.93. The summed E-state index contributed by atoms with van der Waals surface area (Å²) < 4.78 is 5.90. The van der Waals surface area contributed by atoms with Crippen molar-refractivity contribution in [3.63, 3.8) is 0 Å². The Morgan fingerprint density at radius 1 is 1.15 bits per heavy atom. The van der Waals surface area contributed by atoms with E-state index in [0.717, 1.165) is 35.6 Å². The van der Waals surface area contributed by atoms with E-state index in [2.05, 4.69) is 22.0 Å². The molecule has 1 aromatic carbocycles. The molecule has 2 aromatic heterocycles. The molecule has 5 heteroatoms. The van der Waals surface area contributed by atoms with E-state index in [9.17, 15) is 0 Å². The maximum atomic E-state index is 8.81. The second-order valence-corrected chi connectivity index (χ2v) is 6.61. The summed E-state index contributed by atoms with van der Waals surface area (Å²) in [4.78, 5) is 11.2. The van der Waals surface area contributed by atoms with Crippen molar-refractivity contribution in [1.82, 2.24) is 9.97 Å². The van der Waals surface area contributed by atoms with Crippen LogP contribution in [0.2, 0.25) is 0 Å². The summed E-state index contributed by atoms with van der Waals surface area (Å²) in [5.74, 6) is 0.785. The molecule has 26 heavy (non-hydrogen) atoms. The van der Waals surface area contributed by atoms with Gasteiger partial charge in [-0.25, -0.2) is 4.98 Å². The van der Waals surface area contributed by atoms with Crippen molar-refractivity contribution >= 4 is 16.6 Å². The molecule has 1 saturated heterocycles. The predicted molar refractivity (Wildman–Crippen MR) is 101 cm³/mol. The third-order valence-corrected chi connectivity index (χ3v) is 4.68. The quantitative estimate of drug-likeness (QED) is 0.716. The van der Waals surface area contributed by atoms with Gasteiger partial charge in [-0.3, -0.25) is 4.98 Å². The molecule has 0 amide bonds. The molecule has 130 valence electrons. The highest BCUT2D eigenvalue weighted by Crippen LogP contribution is 2.31. The zero-order chi connectivity index (χ0) is 17.9. The van der Waals surface area contributed by atoms with Crippen LogP contribution in [0.3, 0.4) is 0 Å². The number of aryl methyl sites for hydroxylation is 1. The standard InChI is InChI=1S/C21H20N4O/c1-15-10-21(25-8-2-3-9-25)19-7-6-18(11-20(19)24-15)26-14-16-4-5-17(12-22)23-13-16/h4-7,10-11,13H,2-3,8-9,14H2,1H3. The zero-order valence-electron chi connectivity index (χ0n) is 14.8. The summed E-state index contributed by atoms with van der Waals surface area (Å²) in [5.41, 5.74) is 4.59. The smallest absolute Gasteiger partial charge is 0.140 e. The number of hydrogen-bond acceptors (Lipinski definition) is 5. The fourth-order valence-electron chi connectivity index (χ4n) is 3.37. The van der Waals surface area contributed by atoms with Crippen LogP contribution in [0.15, 0.2) is 42.6 Å². The lowest BCUT2D eigenvalue weighted by molar-refractivity contribution is 0.306. The molecular formula is C21H20N4O. The highest BCUT2D eigenvalue weighted by atomic mass is 16.5. The average molecular weight is 344 g/mol. The minimum Gasteiger partial charge on any atom is -0.489 e. The van der Waals surface area contributed by atoms with Crippen molar-refractivity contribution in [3.05, 3.63) is 59.5 Å². The van der Waals surface area contributed by atoms with Crippen LogP contribution < -0.4 is 9.64 Å². The summed E-state index contributed by atoms with van der Waals surface area (Å²) in [6, 6.07) is 13.9. The van der Waals surface area contributed by atoms with E-state index in [0.29, 0.717) is 12.3 Å². The van der Waals surface area contributed by atoms with Gasteiger partial charge < -0.3 is 9.64 Å². The number of hydrogen-bond donors (Lipinski definition) is 0. The van der Waals surface area contributed by atoms with E-state index in [1.165, 1.54) is 23.9 Å². The van der Waals surface area contributed by atoms with Crippen LogP contribution in [-0.2, 0) is 6.61 Å². The molecule has 0 atom stereocenters. The Morgan fingerprint density at radius 3 is 2.73 bits per heavy atom. The monoisotopic (exact) mass is 344 g/mol. The maximum Gasteiger partial charge on any atom is 0.140 e. The summed E-state index contributed by atoms with van der Waals surface area (Å²) in [5, 5.41) is 9.98. The van der Waals surface area contributed by atoms with E-state index in [1.807, 2.05) is 31.2 Å². The van der Waals surface area contributed by atoms with Crippen LogP contribution in [0.25, 0.3) is 10.9 Å². The Bertz CT molecular complexity index is 970. The van der Waals surface area contributed by atoms with Gasteiger partial charge in [0.05, 0.1) is 5.52 Å². The van der Waals surface area contributed by atoms with Gasteiger partial charge in [-0.05, 0) is 44.0 Å². The molecule has 5 nitrogen and oxygen atoms in total. The lowest BCUT2D eigenvalue weighted by Crippen LogP contribution is -2.18. The number of benzene rings is 1. The fourth-order valence-corrected chi connectivity index (χ4v) is 3.37. The molecule has 3 heterocycles. The molecule has 0 spiro atoms. The first-order valence-corrected chi connectivity index (χ1v) is 8.87. The van der Waals surface area contributed by atoms with Crippen molar-refractivity contribution in [3.8, 4) is 11.8 Å². The van der Waals surface area contributed by atoms with Gasteiger partial charge in [-0.15, -0.1) is 0 Å². The third-order valence-electron chi connectivity index (χ3n) is 4.68. The van der Waals surface area contributed by atoms with E-state index in [4.69, 9.17) is 15.0 Å². The number of nitrogens with zero attached hydrogens (tertiary/aromatic N) is 4. The number of anilines is 1. The minimum atomic E-state index is 0.411. The molecule has 0 saturated carbocycles. The number of pyridine rings is 2. The first-order chi connectivity index (χ1) is 12.7. The third kappa shape index (κ3) is 3.31. The second-order valence-electron chi connectivity index (χ2n) is 6.61. The lowest BCUT2D eigenvalue weighted by Gasteiger charge is -2.20. The van der Waals surface area contributed by atoms with Crippen LogP contribution in [0.4, 0.5) is 5.69 Å². The first kappa shape index (κ1) is 16.3. The molecule has 0 unspecified atom stereocenters. The molecule has 0 bridgehead atoms. The molecule has 0 aliphatic carbocycles. The molecule has 1 aliphatic heterocycles. The van der Waals surface area contributed by atoms with Gasteiger partial charge in [0.25, 0.3) is 0 Å². The summed E-state index contributed by atoms with van der Waals surface area (Å²) in [6.07, 6.45) is 4.18. The van der Waals surface area contributed by atoms with Gasteiger partial charge in [-0.1, -0.05) is 6.07 Å². The fraction of sp³-hybridized carbons (Fsp3) is 0.286. The SMILES string of the molecule is Cc1cc(N2CCCC2)c2ccc(OCc3ccc(C#N)nc3)cc2n1. The Kier molecular flexibility index (Phi) is 4.40. The number of ether oxygens (including phenoxy) is 1. The molecule has 1 fully saturated rings. The van der Waals surface area contributed by atoms with Crippen molar-refractivity contribution < 1.29 is 4.74 Å². The van der Waals surface area contributed by atoms with E-state index in [1.54, 1.807) is 12.3 Å². The largest absolute Gasteiger partial charge is 0.489 e. The van der Waals surface area contributed by atoms with Crippen molar-refractivity contribution in [2.24, 2.45) is 0 Å². The van der Waals surface area contributed by atoms with Crippen molar-refractivity contribution in [2.75, 3.05) is 18.0 Å². The Labute approximate surface area is 152 Å². The van der Waals surface area contributed by atoms with Gasteiger partial charge in [-0.2, -0.15) is 5.26 Å². The number of nitriles is 1. The van der Waals surface area contributed by atoms with Gasteiger partial charge in [0, 0.05) is 47.7 Å². The Morgan fingerprint density at radius 2 is 2.00 bits per heavy atom. The number of aromatic nitrogens is 2. The number of fused-ring (bicyclic) bond motifs is 1. The van der Waals surface area contributed by atoms with Crippen LogP contribution in [0.5, 0.6) is 5.75 Å².